The summed E-state index contributed by atoms with van der Waals surface area (Å²) in [6, 6.07) is 11.9. The summed E-state index contributed by atoms with van der Waals surface area (Å²) in [6.45, 7) is 2.01. The highest BCUT2D eigenvalue weighted by molar-refractivity contribution is 9.10. The molecule has 0 bridgehead atoms. The molecule has 3 N–H and O–H groups in total. The van der Waals surface area contributed by atoms with Crippen LogP contribution in [0.3, 0.4) is 0 Å². The summed E-state index contributed by atoms with van der Waals surface area (Å²) < 4.78 is 20.1. The molecule has 0 amide bonds. The van der Waals surface area contributed by atoms with E-state index < -0.39 is 0 Å². The molecule has 21 heavy (non-hydrogen) atoms. The van der Waals surface area contributed by atoms with Gasteiger partial charge in [0.1, 0.15) is 23.2 Å². The summed E-state index contributed by atoms with van der Waals surface area (Å²) in [7, 11) is 0. The normalized spacial score (nSPS) is 12.8. The number of halogens is 2. The highest BCUT2D eigenvalue weighted by Gasteiger charge is 2.18. The SMILES string of the molecule is Cc1cc(C(NN)c2cc3cc(F)ccc3o2)ccc1Br. The summed E-state index contributed by atoms with van der Waals surface area (Å²) in [4.78, 5) is 0. The van der Waals surface area contributed by atoms with Crippen LogP contribution in [-0.2, 0) is 0 Å². The van der Waals surface area contributed by atoms with E-state index in [-0.39, 0.29) is 11.9 Å². The van der Waals surface area contributed by atoms with Crippen molar-refractivity contribution in [1.29, 1.82) is 0 Å². The average Bonchev–Trinajstić information content (AvgIpc) is 2.86. The van der Waals surface area contributed by atoms with E-state index in [1.54, 1.807) is 12.1 Å². The Morgan fingerprint density at radius 2 is 2.00 bits per heavy atom. The van der Waals surface area contributed by atoms with Crippen LogP contribution in [0.25, 0.3) is 11.0 Å². The first-order valence-electron chi connectivity index (χ1n) is 6.49. The molecule has 108 valence electrons. The van der Waals surface area contributed by atoms with Gasteiger partial charge in [-0.2, -0.15) is 0 Å². The van der Waals surface area contributed by atoms with Gasteiger partial charge in [-0.25, -0.2) is 9.82 Å². The van der Waals surface area contributed by atoms with Crippen molar-refractivity contribution in [2.45, 2.75) is 13.0 Å². The first-order valence-corrected chi connectivity index (χ1v) is 7.29. The van der Waals surface area contributed by atoms with E-state index in [0.29, 0.717) is 11.3 Å². The van der Waals surface area contributed by atoms with E-state index in [9.17, 15) is 4.39 Å². The van der Waals surface area contributed by atoms with Crippen molar-refractivity contribution in [1.82, 2.24) is 5.43 Å². The van der Waals surface area contributed by atoms with Gasteiger partial charge in [-0.05, 0) is 48.4 Å². The smallest absolute Gasteiger partial charge is 0.134 e. The molecule has 0 fully saturated rings. The molecule has 0 aliphatic rings. The molecule has 3 aromatic rings. The van der Waals surface area contributed by atoms with Gasteiger partial charge in [-0.15, -0.1) is 0 Å². The lowest BCUT2D eigenvalue weighted by molar-refractivity contribution is 0.477. The Bertz CT molecular complexity index is 800. The molecule has 3 nitrogen and oxygen atoms in total. The van der Waals surface area contributed by atoms with Crippen LogP contribution in [0.1, 0.15) is 22.9 Å². The number of hydrogen-bond donors (Lipinski definition) is 2. The zero-order valence-electron chi connectivity index (χ0n) is 11.4. The van der Waals surface area contributed by atoms with Crippen molar-refractivity contribution >= 4 is 26.9 Å². The fraction of sp³-hybridized carbons (Fsp3) is 0.125. The van der Waals surface area contributed by atoms with Crippen LogP contribution in [0.5, 0.6) is 0 Å². The average molecular weight is 349 g/mol. The zero-order chi connectivity index (χ0) is 15.0. The maximum absolute atomic E-state index is 13.3. The van der Waals surface area contributed by atoms with Crippen LogP contribution < -0.4 is 11.3 Å². The van der Waals surface area contributed by atoms with E-state index in [1.165, 1.54) is 12.1 Å². The second-order valence-electron chi connectivity index (χ2n) is 4.94. The molecule has 0 saturated heterocycles. The van der Waals surface area contributed by atoms with Crippen molar-refractivity contribution < 1.29 is 8.81 Å². The lowest BCUT2D eigenvalue weighted by Crippen LogP contribution is -2.28. The Hall–Kier alpha value is -1.69. The molecule has 0 spiro atoms. The second-order valence-corrected chi connectivity index (χ2v) is 5.79. The van der Waals surface area contributed by atoms with Crippen LogP contribution in [0.15, 0.2) is 51.4 Å². The number of aryl methyl sites for hydroxylation is 1. The van der Waals surface area contributed by atoms with Gasteiger partial charge >= 0.3 is 0 Å². The van der Waals surface area contributed by atoms with E-state index >= 15 is 0 Å². The third kappa shape index (κ3) is 2.72. The third-order valence-electron chi connectivity index (χ3n) is 3.46. The van der Waals surface area contributed by atoms with E-state index in [0.717, 1.165) is 21.0 Å². The topological polar surface area (TPSA) is 51.2 Å². The van der Waals surface area contributed by atoms with E-state index in [2.05, 4.69) is 21.4 Å². The number of rotatable bonds is 3. The molecule has 1 unspecified atom stereocenters. The highest BCUT2D eigenvalue weighted by Crippen LogP contribution is 2.30. The van der Waals surface area contributed by atoms with Gasteiger partial charge in [0.15, 0.2) is 0 Å². The van der Waals surface area contributed by atoms with Gasteiger partial charge in [0.25, 0.3) is 0 Å². The summed E-state index contributed by atoms with van der Waals surface area (Å²) in [6.07, 6.45) is 0. The summed E-state index contributed by atoms with van der Waals surface area (Å²) >= 11 is 3.48. The van der Waals surface area contributed by atoms with Crippen LogP contribution in [0, 0.1) is 12.7 Å². The Morgan fingerprint density at radius 3 is 2.71 bits per heavy atom. The lowest BCUT2D eigenvalue weighted by atomic mass is 10.0. The Balaban J connectivity index is 2.06. The maximum Gasteiger partial charge on any atom is 0.134 e. The molecule has 0 saturated carbocycles. The highest BCUT2D eigenvalue weighted by atomic mass is 79.9. The van der Waals surface area contributed by atoms with Gasteiger partial charge in [0, 0.05) is 9.86 Å². The van der Waals surface area contributed by atoms with Gasteiger partial charge < -0.3 is 4.42 Å². The quantitative estimate of drug-likeness (QED) is 0.551. The maximum atomic E-state index is 13.3. The number of benzene rings is 2. The summed E-state index contributed by atoms with van der Waals surface area (Å²) in [5.41, 5.74) is 5.48. The van der Waals surface area contributed by atoms with Crippen molar-refractivity contribution in [3.8, 4) is 0 Å². The van der Waals surface area contributed by atoms with Gasteiger partial charge in [-0.3, -0.25) is 5.84 Å². The van der Waals surface area contributed by atoms with E-state index in [1.807, 2.05) is 25.1 Å². The molecule has 0 radical (unpaired) electrons. The fourth-order valence-corrected chi connectivity index (χ4v) is 2.61. The van der Waals surface area contributed by atoms with E-state index in [4.69, 9.17) is 10.3 Å². The number of nitrogens with one attached hydrogen (secondary N) is 1. The van der Waals surface area contributed by atoms with Crippen molar-refractivity contribution in [3.05, 3.63) is 69.6 Å². The molecule has 1 heterocycles. The van der Waals surface area contributed by atoms with Crippen molar-refractivity contribution in [3.63, 3.8) is 0 Å². The third-order valence-corrected chi connectivity index (χ3v) is 4.35. The molecule has 3 rings (SSSR count). The molecule has 1 atom stereocenters. The largest absolute Gasteiger partial charge is 0.459 e. The first kappa shape index (κ1) is 14.3. The standard InChI is InChI=1S/C16H14BrFN2O/c1-9-6-10(2-4-13(9)17)16(20-19)15-8-11-7-12(18)3-5-14(11)21-15/h2-8,16,20H,19H2,1H3. The summed E-state index contributed by atoms with van der Waals surface area (Å²) in [5.74, 6) is 6.05. The fourth-order valence-electron chi connectivity index (χ4n) is 2.37. The predicted octanol–water partition coefficient (Wildman–Crippen LogP) is 4.20. The van der Waals surface area contributed by atoms with Crippen molar-refractivity contribution in [2.24, 2.45) is 5.84 Å². The first-order chi connectivity index (χ1) is 10.1. The van der Waals surface area contributed by atoms with Gasteiger partial charge in [0.2, 0.25) is 0 Å². The molecular formula is C16H14BrFN2O. The number of fused-ring (bicyclic) bond motifs is 1. The van der Waals surface area contributed by atoms with Crippen LogP contribution in [0.4, 0.5) is 4.39 Å². The Morgan fingerprint density at radius 1 is 1.19 bits per heavy atom. The Kier molecular flexibility index (Phi) is 3.80. The number of nitrogens with two attached hydrogens (primary N) is 1. The van der Waals surface area contributed by atoms with Crippen LogP contribution in [-0.4, -0.2) is 0 Å². The van der Waals surface area contributed by atoms with Crippen LogP contribution >= 0.6 is 15.9 Å². The number of hydrazine groups is 1. The molecule has 5 heteroatoms. The van der Waals surface area contributed by atoms with Gasteiger partial charge in [-0.1, -0.05) is 28.1 Å². The monoisotopic (exact) mass is 348 g/mol. The number of furan rings is 1. The molecule has 0 aliphatic heterocycles. The number of hydrogen-bond acceptors (Lipinski definition) is 3. The second kappa shape index (κ2) is 5.60. The molecule has 0 aliphatic carbocycles. The minimum absolute atomic E-state index is 0.285. The van der Waals surface area contributed by atoms with Gasteiger partial charge in [0.05, 0.1) is 0 Å². The lowest BCUT2D eigenvalue weighted by Gasteiger charge is -2.14. The van der Waals surface area contributed by atoms with Crippen LogP contribution in [0.2, 0.25) is 0 Å². The minimum atomic E-state index is -0.286. The zero-order valence-corrected chi connectivity index (χ0v) is 12.9. The minimum Gasteiger partial charge on any atom is -0.459 e. The summed E-state index contributed by atoms with van der Waals surface area (Å²) in [5, 5.41) is 0.721. The molecule has 2 aromatic carbocycles. The molecule has 1 aromatic heterocycles. The Labute approximate surface area is 130 Å². The predicted molar refractivity (Wildman–Crippen MR) is 84.2 cm³/mol. The van der Waals surface area contributed by atoms with Crippen molar-refractivity contribution in [2.75, 3.05) is 0 Å². The molecular weight excluding hydrogens is 335 g/mol.